The highest BCUT2D eigenvalue weighted by Gasteiger charge is 2.61. The topological polar surface area (TPSA) is 60.4 Å². The molecule has 1 aliphatic carbocycles. The lowest BCUT2D eigenvalue weighted by atomic mass is 9.67. The minimum atomic E-state index is -1.37. The van der Waals surface area contributed by atoms with Crippen molar-refractivity contribution in [2.45, 2.75) is 117 Å². The van der Waals surface area contributed by atoms with Gasteiger partial charge in [-0.05, 0) is 58.1 Å². The lowest BCUT2D eigenvalue weighted by Crippen LogP contribution is -2.52. The number of carbonyl (C=O) groups is 2. The summed E-state index contributed by atoms with van der Waals surface area (Å²) < 4.78 is 18.2. The molecule has 0 radical (unpaired) electrons. The SMILES string of the molecule is CCCCCCCCCCOC(=O)C(C)(P=O)C1(C(=O)c2c(C)cc(C)cc2C)CCCC1. The van der Waals surface area contributed by atoms with Gasteiger partial charge < -0.3 is 4.74 Å². The fourth-order valence-electron chi connectivity index (χ4n) is 5.55. The fourth-order valence-corrected chi connectivity index (χ4v) is 6.19. The van der Waals surface area contributed by atoms with Crippen LogP contribution < -0.4 is 0 Å². The average Bonchev–Trinajstić information content (AvgIpc) is 3.28. The molecule has 1 fully saturated rings. The zero-order chi connectivity index (χ0) is 24.5. The van der Waals surface area contributed by atoms with E-state index in [9.17, 15) is 14.2 Å². The number of carbonyl (C=O) groups excluding carboxylic acids is 2. The van der Waals surface area contributed by atoms with Gasteiger partial charge in [0.2, 0.25) is 0 Å². The van der Waals surface area contributed by atoms with E-state index in [1.54, 1.807) is 6.92 Å². The molecular formula is C28H43O4P. The van der Waals surface area contributed by atoms with Crippen molar-refractivity contribution in [1.29, 1.82) is 0 Å². The molecule has 5 heteroatoms. The molecule has 1 atom stereocenters. The molecule has 4 nitrogen and oxygen atoms in total. The molecule has 0 heterocycles. The maximum Gasteiger partial charge on any atom is 0.324 e. The molecule has 0 saturated heterocycles. The van der Waals surface area contributed by atoms with E-state index in [2.05, 4.69) is 6.92 Å². The maximum absolute atomic E-state index is 14.0. The number of benzene rings is 1. The number of Topliss-reactive ketones (excluding diaryl/α,β-unsaturated/α-hetero) is 1. The van der Waals surface area contributed by atoms with E-state index < -0.39 is 16.5 Å². The standard InChI is InChI=1S/C28H43O4P/c1-6-7-8-9-10-11-12-15-18-32-26(30)27(5,33-31)28(16-13-14-17-28)25(29)24-22(3)19-21(2)20-23(24)4/h19-20H,6-18H2,1-5H3. The first-order valence-corrected chi connectivity index (χ1v) is 13.7. The predicted octanol–water partition coefficient (Wildman–Crippen LogP) is 8.09. The second-order valence-electron chi connectivity index (χ2n) is 10.2. The van der Waals surface area contributed by atoms with E-state index in [1.807, 2.05) is 32.9 Å². The minimum absolute atomic E-state index is 0.0510. The van der Waals surface area contributed by atoms with Gasteiger partial charge in [-0.3, -0.25) is 14.2 Å². The minimum Gasteiger partial charge on any atom is -0.465 e. The molecule has 0 aromatic heterocycles. The van der Waals surface area contributed by atoms with Gasteiger partial charge in [-0.2, -0.15) is 0 Å². The van der Waals surface area contributed by atoms with Crippen LogP contribution in [0.3, 0.4) is 0 Å². The molecule has 0 amide bonds. The summed E-state index contributed by atoms with van der Waals surface area (Å²) in [5.41, 5.74) is 2.63. The second kappa shape index (κ2) is 12.8. The molecule has 0 aliphatic heterocycles. The van der Waals surface area contributed by atoms with Gasteiger partial charge in [0.1, 0.15) is 0 Å². The van der Waals surface area contributed by atoms with Crippen molar-refractivity contribution < 1.29 is 18.9 Å². The zero-order valence-corrected chi connectivity index (χ0v) is 22.3. The third-order valence-electron chi connectivity index (χ3n) is 7.54. The van der Waals surface area contributed by atoms with Gasteiger partial charge in [0.05, 0.1) is 12.0 Å². The van der Waals surface area contributed by atoms with E-state index >= 15 is 0 Å². The van der Waals surface area contributed by atoms with Crippen LogP contribution in [0.5, 0.6) is 0 Å². The molecule has 0 bridgehead atoms. The number of aryl methyl sites for hydroxylation is 3. The smallest absolute Gasteiger partial charge is 0.324 e. The van der Waals surface area contributed by atoms with Crippen LogP contribution in [0.25, 0.3) is 0 Å². The molecular weight excluding hydrogens is 431 g/mol. The van der Waals surface area contributed by atoms with E-state index in [0.717, 1.165) is 48.8 Å². The normalized spacial score (nSPS) is 17.1. The van der Waals surface area contributed by atoms with Crippen molar-refractivity contribution in [3.8, 4) is 0 Å². The summed E-state index contributed by atoms with van der Waals surface area (Å²) in [6, 6.07) is 4.02. The van der Waals surface area contributed by atoms with Crippen molar-refractivity contribution in [2.75, 3.05) is 6.61 Å². The average molecular weight is 475 g/mol. The summed E-state index contributed by atoms with van der Waals surface area (Å²) >= 11 is 0. The van der Waals surface area contributed by atoms with Crippen molar-refractivity contribution in [1.82, 2.24) is 0 Å². The molecule has 1 aromatic carbocycles. The van der Waals surface area contributed by atoms with E-state index in [0.29, 0.717) is 25.0 Å². The van der Waals surface area contributed by atoms with Crippen LogP contribution >= 0.6 is 8.46 Å². The number of hydrogen-bond acceptors (Lipinski definition) is 4. The first-order valence-electron chi connectivity index (χ1n) is 12.9. The molecule has 0 spiro atoms. The predicted molar refractivity (Wildman–Crippen MR) is 135 cm³/mol. The van der Waals surface area contributed by atoms with Crippen LogP contribution in [0.1, 0.15) is 118 Å². The Morgan fingerprint density at radius 1 is 0.939 bits per heavy atom. The van der Waals surface area contributed by atoms with Gasteiger partial charge in [0.25, 0.3) is 0 Å². The fraction of sp³-hybridized carbons (Fsp3) is 0.714. The first kappa shape index (κ1) is 27.7. The van der Waals surface area contributed by atoms with E-state index in [4.69, 9.17) is 4.74 Å². The van der Waals surface area contributed by atoms with Gasteiger partial charge in [-0.15, -0.1) is 0 Å². The van der Waals surface area contributed by atoms with Crippen LogP contribution in [-0.2, 0) is 14.1 Å². The lowest BCUT2D eigenvalue weighted by molar-refractivity contribution is -0.149. The van der Waals surface area contributed by atoms with E-state index in [1.165, 1.54) is 32.1 Å². The van der Waals surface area contributed by atoms with Gasteiger partial charge in [0.15, 0.2) is 19.4 Å². The van der Waals surface area contributed by atoms with Crippen LogP contribution in [0.15, 0.2) is 12.1 Å². The summed E-state index contributed by atoms with van der Waals surface area (Å²) in [7, 11) is -0.335. The Kier molecular flexibility index (Phi) is 10.7. The van der Waals surface area contributed by atoms with Crippen LogP contribution in [0.2, 0.25) is 0 Å². The molecule has 184 valence electrons. The van der Waals surface area contributed by atoms with Gasteiger partial charge in [0, 0.05) is 5.56 Å². The Hall–Kier alpha value is -1.54. The summed E-state index contributed by atoms with van der Waals surface area (Å²) in [6.07, 6.45) is 12.1. The number of unbranched alkanes of at least 4 members (excludes halogenated alkanes) is 7. The summed E-state index contributed by atoms with van der Waals surface area (Å²) in [6.45, 7) is 10.1. The number of hydrogen-bond donors (Lipinski definition) is 0. The zero-order valence-electron chi connectivity index (χ0n) is 21.4. The number of ether oxygens (including phenoxy) is 1. The quantitative estimate of drug-likeness (QED) is 0.118. The molecule has 0 N–H and O–H groups in total. The Bertz CT molecular complexity index is 802. The van der Waals surface area contributed by atoms with Crippen molar-refractivity contribution in [3.05, 3.63) is 34.4 Å². The van der Waals surface area contributed by atoms with Crippen LogP contribution in [-0.4, -0.2) is 23.5 Å². The molecule has 1 unspecified atom stereocenters. The third-order valence-corrected chi connectivity index (χ3v) is 8.51. The van der Waals surface area contributed by atoms with Gasteiger partial charge in [-0.25, -0.2) is 0 Å². The highest BCUT2D eigenvalue weighted by Crippen LogP contribution is 2.55. The van der Waals surface area contributed by atoms with Crippen molar-refractivity contribution >= 4 is 20.2 Å². The monoisotopic (exact) mass is 474 g/mol. The largest absolute Gasteiger partial charge is 0.465 e. The lowest BCUT2D eigenvalue weighted by Gasteiger charge is -2.39. The molecule has 2 rings (SSSR count). The molecule has 1 aliphatic rings. The molecule has 1 aromatic rings. The second-order valence-corrected chi connectivity index (χ2v) is 11.2. The summed E-state index contributed by atoms with van der Waals surface area (Å²) in [5, 5.41) is -1.37. The van der Waals surface area contributed by atoms with Crippen LogP contribution in [0, 0.1) is 26.2 Å². The van der Waals surface area contributed by atoms with Gasteiger partial charge >= 0.3 is 5.97 Å². The molecule has 1 saturated carbocycles. The van der Waals surface area contributed by atoms with Gasteiger partial charge in [-0.1, -0.05) is 82.4 Å². The van der Waals surface area contributed by atoms with E-state index in [-0.39, 0.29) is 14.2 Å². The Labute approximate surface area is 202 Å². The Morgan fingerprint density at radius 2 is 1.45 bits per heavy atom. The number of ketones is 1. The molecule has 33 heavy (non-hydrogen) atoms. The first-order chi connectivity index (χ1) is 15.7. The highest BCUT2D eigenvalue weighted by atomic mass is 31.1. The Morgan fingerprint density at radius 3 is 1.97 bits per heavy atom. The third kappa shape index (κ3) is 6.32. The van der Waals surface area contributed by atoms with Crippen molar-refractivity contribution in [2.24, 2.45) is 5.41 Å². The van der Waals surface area contributed by atoms with Crippen molar-refractivity contribution in [3.63, 3.8) is 0 Å². The number of rotatable bonds is 14. The Balaban J connectivity index is 2.10. The summed E-state index contributed by atoms with van der Waals surface area (Å²) in [5.74, 6) is -0.551. The van der Waals surface area contributed by atoms with Crippen LogP contribution in [0.4, 0.5) is 0 Å². The maximum atomic E-state index is 14.0. The summed E-state index contributed by atoms with van der Waals surface area (Å²) in [4.78, 5) is 27.3. The number of esters is 1. The highest BCUT2D eigenvalue weighted by molar-refractivity contribution is 7.28.